The minimum Gasteiger partial charge on any atom is -0.741 e. The number of halogens is 9. The number of alkyl halides is 6. The van der Waals surface area contributed by atoms with E-state index in [1.54, 1.807) is 57.7 Å². The maximum Gasteiger partial charge on any atom is 0.485 e. The molecule has 0 atom stereocenters. The van der Waals surface area contributed by atoms with Gasteiger partial charge in [-0.3, -0.25) is 0 Å². The molecule has 0 aromatic heterocycles. The molecule has 6 aromatic rings. The van der Waals surface area contributed by atoms with Crippen molar-refractivity contribution in [3.63, 3.8) is 0 Å². The van der Waals surface area contributed by atoms with E-state index in [4.69, 9.17) is 40.2 Å². The van der Waals surface area contributed by atoms with Gasteiger partial charge in [-0.15, -0.1) is 0 Å². The highest BCUT2D eigenvalue weighted by Gasteiger charge is 2.37. The second kappa shape index (κ2) is 22.8. The van der Waals surface area contributed by atoms with Gasteiger partial charge in [-0.1, -0.05) is 0 Å². The molecule has 22 heteroatoms. The van der Waals surface area contributed by atoms with Gasteiger partial charge in [0.2, 0.25) is 0 Å². The number of benzene rings is 6. The zero-order valence-electron chi connectivity index (χ0n) is 32.6. The number of methoxy groups -OCH3 is 3. The molecule has 0 radical (unpaired) electrons. The second-order valence-corrected chi connectivity index (χ2v) is 18.6. The average molecular weight is 969 g/mol. The first kappa shape index (κ1) is 52.0. The van der Waals surface area contributed by atoms with Gasteiger partial charge < -0.3 is 23.3 Å². The third-order valence-corrected chi connectivity index (χ3v) is 13.2. The summed E-state index contributed by atoms with van der Waals surface area (Å²) in [6.07, 6.45) is 0. The van der Waals surface area contributed by atoms with Crippen molar-refractivity contribution >= 4 is 42.0 Å². The van der Waals surface area contributed by atoms with E-state index >= 15 is 0 Å². The van der Waals surface area contributed by atoms with Crippen LogP contribution in [-0.4, -0.2) is 58.3 Å². The summed E-state index contributed by atoms with van der Waals surface area (Å²) in [6, 6.07) is 43.3. The average Bonchev–Trinajstić information content (AvgIpc) is 3.23. The van der Waals surface area contributed by atoms with Gasteiger partial charge in [-0.25, -0.2) is 30.0 Å². The molecular weight excluding hydrogens is 936 g/mol. The zero-order valence-corrected chi connectivity index (χ0v) is 35.8. The Labute approximate surface area is 362 Å². The van der Waals surface area contributed by atoms with Crippen molar-refractivity contribution in [1.82, 2.24) is 0 Å². The van der Waals surface area contributed by atoms with Crippen LogP contribution in [0.4, 0.5) is 39.5 Å². The van der Waals surface area contributed by atoms with Crippen molar-refractivity contribution < 1.29 is 79.7 Å². The Morgan fingerprint density at radius 1 is 0.365 bits per heavy atom. The molecule has 63 heavy (non-hydrogen) atoms. The highest BCUT2D eigenvalue weighted by atomic mass is 32.2. The number of ether oxygens (including phenoxy) is 3. The maximum absolute atomic E-state index is 13.2. The van der Waals surface area contributed by atoms with E-state index in [1.807, 2.05) is 36.4 Å². The summed E-state index contributed by atoms with van der Waals surface area (Å²) in [5.41, 5.74) is -11.3. The van der Waals surface area contributed by atoms with Gasteiger partial charge >= 0.3 is 11.0 Å². The van der Waals surface area contributed by atoms with Crippen molar-refractivity contribution in [1.29, 1.82) is 0 Å². The van der Waals surface area contributed by atoms with Crippen LogP contribution in [0, 0.1) is 17.5 Å². The lowest BCUT2D eigenvalue weighted by Gasteiger charge is -2.10. The first-order valence-corrected chi connectivity index (χ1v) is 22.4. The summed E-state index contributed by atoms with van der Waals surface area (Å²) in [5, 5.41) is 0. The third-order valence-electron chi connectivity index (χ3n) is 7.60. The topological polar surface area (TPSA) is 142 Å². The molecule has 0 amide bonds. The second-order valence-electron chi connectivity index (χ2n) is 11.8. The first-order valence-electron chi connectivity index (χ1n) is 17.1. The fraction of sp³-hybridized carbons (Fsp3) is 0.122. The molecule has 0 saturated heterocycles. The van der Waals surface area contributed by atoms with Crippen molar-refractivity contribution in [2.24, 2.45) is 0 Å². The smallest absolute Gasteiger partial charge is 0.485 e. The molecule has 0 unspecified atom stereocenters. The van der Waals surface area contributed by atoms with E-state index in [1.165, 1.54) is 51.1 Å². The van der Waals surface area contributed by atoms with Crippen LogP contribution in [-0.2, 0) is 42.0 Å². The Morgan fingerprint density at radius 2 is 0.508 bits per heavy atom. The molecule has 0 spiro atoms. The molecule has 0 aliphatic heterocycles. The number of hydrogen-bond acceptors (Lipinski definition) is 9. The fourth-order valence-electron chi connectivity index (χ4n) is 4.66. The quantitative estimate of drug-likeness (QED) is 0.0599. The first-order chi connectivity index (χ1) is 29.4. The molecule has 0 N–H and O–H groups in total. The lowest BCUT2D eigenvalue weighted by molar-refractivity contribution is -0.0522. The Hall–Kier alpha value is -5.39. The van der Waals surface area contributed by atoms with Crippen molar-refractivity contribution in [3.8, 4) is 17.2 Å². The van der Waals surface area contributed by atoms with Crippen molar-refractivity contribution in [2.75, 3.05) is 21.3 Å². The Morgan fingerprint density at radius 3 is 0.635 bits per heavy atom. The maximum atomic E-state index is 13.2. The van der Waals surface area contributed by atoms with E-state index in [-0.39, 0.29) is 28.3 Å². The van der Waals surface area contributed by atoms with Crippen molar-refractivity contribution in [2.45, 2.75) is 40.4 Å². The Kier molecular flexibility index (Phi) is 18.8. The molecular formula is C41H33F9O9S4. The summed E-state index contributed by atoms with van der Waals surface area (Å²) in [7, 11) is -7.89. The molecule has 0 saturated carbocycles. The fourth-order valence-corrected chi connectivity index (χ4v) is 8.75. The van der Waals surface area contributed by atoms with Crippen LogP contribution in [0.1, 0.15) is 0 Å². The van der Waals surface area contributed by atoms with E-state index < -0.39 is 42.1 Å². The molecule has 9 nitrogen and oxygen atoms in total. The summed E-state index contributed by atoms with van der Waals surface area (Å²) in [5.74, 6) is 1.63. The number of hydrogen-bond donors (Lipinski definition) is 0. The van der Waals surface area contributed by atoms with Crippen LogP contribution in [0.2, 0.25) is 0 Å². The monoisotopic (exact) mass is 968 g/mol. The van der Waals surface area contributed by atoms with Crippen molar-refractivity contribution in [3.05, 3.63) is 163 Å². The summed E-state index contributed by atoms with van der Waals surface area (Å²) in [6.45, 7) is 0. The van der Waals surface area contributed by atoms with Gasteiger partial charge in [0.1, 0.15) is 34.7 Å². The standard InChI is InChI=1S/C21H21O3S.C18H12F3S.2CHF3O3S/c1-22-16-4-10-19(11-5-16)25(20-12-6-17(23-2)7-13-20)21-14-8-18(24-3)9-15-21;19-13-1-7-16(8-2-13)22(17-9-3-14(20)4-10-17)18-11-5-15(21)6-12-18;2*2-1(3,4)8(5,6)7/h4-15H,1-3H3;1-12H;2*(H,5,6,7)/q2*+1;;/p-2. The SMILES string of the molecule is COc1ccc([S+](c2ccc(OC)cc2)c2ccc(OC)cc2)cc1.Fc1ccc([S+](c2ccc(F)cc2)c2ccc(F)cc2)cc1.O=S(=O)([O-])C(F)(F)F.O=S(=O)([O-])C(F)(F)F. The van der Waals surface area contributed by atoms with Crippen LogP contribution in [0.5, 0.6) is 17.2 Å². The van der Waals surface area contributed by atoms with Gasteiger partial charge in [0.15, 0.2) is 49.6 Å². The highest BCUT2D eigenvalue weighted by Crippen LogP contribution is 2.34. The minimum atomic E-state index is -6.09. The number of rotatable bonds is 9. The van der Waals surface area contributed by atoms with Gasteiger partial charge in [-0.2, -0.15) is 26.3 Å². The predicted molar refractivity (Wildman–Crippen MR) is 214 cm³/mol. The van der Waals surface area contributed by atoms with Gasteiger partial charge in [0, 0.05) is 0 Å². The Balaban J connectivity index is 0.000000252. The molecule has 6 rings (SSSR count). The van der Waals surface area contributed by atoms with E-state index in [0.717, 1.165) is 31.9 Å². The molecule has 0 aliphatic rings. The van der Waals surface area contributed by atoms with E-state index in [2.05, 4.69) is 36.4 Å². The minimum absolute atomic E-state index is 0.212. The third kappa shape index (κ3) is 16.0. The van der Waals surface area contributed by atoms with Crippen LogP contribution < -0.4 is 14.2 Å². The summed E-state index contributed by atoms with van der Waals surface area (Å²) in [4.78, 5) is 6.36. The van der Waals surface area contributed by atoms with E-state index in [0.29, 0.717) is 0 Å². The van der Waals surface area contributed by atoms with Crippen LogP contribution in [0.3, 0.4) is 0 Å². The largest absolute Gasteiger partial charge is 0.741 e. The lowest BCUT2D eigenvalue weighted by atomic mass is 10.3. The normalized spacial score (nSPS) is 11.6. The summed E-state index contributed by atoms with van der Waals surface area (Å²) < 4.78 is 173. The highest BCUT2D eigenvalue weighted by molar-refractivity contribution is 7.97. The zero-order chi connectivity index (χ0) is 47.2. The molecule has 0 bridgehead atoms. The molecule has 0 aliphatic carbocycles. The lowest BCUT2D eigenvalue weighted by Crippen LogP contribution is -2.21. The Bertz CT molecular complexity index is 2280. The van der Waals surface area contributed by atoms with Crippen LogP contribution >= 0.6 is 0 Å². The molecule has 0 fully saturated rings. The summed E-state index contributed by atoms with van der Waals surface area (Å²) >= 11 is 0. The predicted octanol–water partition coefficient (Wildman–Crippen LogP) is 10.1. The van der Waals surface area contributed by atoms with Crippen LogP contribution in [0.25, 0.3) is 0 Å². The molecule has 0 heterocycles. The molecule has 6 aromatic carbocycles. The molecule has 338 valence electrons. The van der Waals surface area contributed by atoms with Gasteiger partial charge in [0.05, 0.1) is 43.1 Å². The van der Waals surface area contributed by atoms with E-state index in [9.17, 15) is 39.5 Å². The van der Waals surface area contributed by atoms with Gasteiger partial charge in [-0.05, 0) is 146 Å². The van der Waals surface area contributed by atoms with Crippen LogP contribution in [0.15, 0.2) is 175 Å². The van der Waals surface area contributed by atoms with Gasteiger partial charge in [0.25, 0.3) is 0 Å².